The number of nitrogens with one attached hydrogen (secondary N) is 2. The fourth-order valence-electron chi connectivity index (χ4n) is 2.04. The minimum atomic E-state index is 0.546. The molecule has 0 bridgehead atoms. The number of benzene rings is 1. The molecule has 3 rings (SSSR count). The normalized spacial score (nSPS) is 13.4. The molecule has 0 radical (unpaired) electrons. The molecule has 4 nitrogen and oxygen atoms in total. The highest BCUT2D eigenvalue weighted by atomic mass is 35.5. The lowest BCUT2D eigenvalue weighted by atomic mass is 10.1. The maximum absolute atomic E-state index is 5.73. The highest BCUT2D eigenvalue weighted by Crippen LogP contribution is 2.17. The van der Waals surface area contributed by atoms with Crippen LogP contribution in [0.15, 0.2) is 30.6 Å². The zero-order valence-electron chi connectivity index (χ0n) is 9.78. The predicted molar refractivity (Wildman–Crippen MR) is 71.4 cm³/mol. The third-order valence-corrected chi connectivity index (χ3v) is 3.17. The quantitative estimate of drug-likeness (QED) is 0.890. The first-order valence-electron chi connectivity index (χ1n) is 5.84. The Morgan fingerprint density at radius 1 is 1.17 bits per heavy atom. The van der Waals surface area contributed by atoms with Gasteiger partial charge in [-0.25, -0.2) is 9.97 Å². The lowest BCUT2D eigenvalue weighted by Gasteiger charge is -2.06. The molecule has 1 aromatic carbocycles. The van der Waals surface area contributed by atoms with E-state index in [0.29, 0.717) is 11.0 Å². The van der Waals surface area contributed by atoms with Crippen molar-refractivity contribution in [2.75, 3.05) is 5.32 Å². The lowest BCUT2D eigenvalue weighted by molar-refractivity contribution is 0.764. The molecule has 1 aliphatic heterocycles. The molecular formula is C13H13ClN4. The molecule has 0 saturated heterocycles. The summed E-state index contributed by atoms with van der Waals surface area (Å²) in [5.41, 5.74) is 4.00. The maximum atomic E-state index is 5.73. The summed E-state index contributed by atoms with van der Waals surface area (Å²) >= 11 is 5.73. The van der Waals surface area contributed by atoms with E-state index in [1.807, 2.05) is 0 Å². The first kappa shape index (κ1) is 11.4. The Kier molecular flexibility index (Phi) is 3.13. The fourth-order valence-corrected chi connectivity index (χ4v) is 2.14. The second-order valence-electron chi connectivity index (χ2n) is 4.29. The number of halogens is 1. The summed E-state index contributed by atoms with van der Waals surface area (Å²) in [6.07, 6.45) is 3.17. The third-order valence-electron chi connectivity index (χ3n) is 2.97. The molecular weight excluding hydrogens is 248 g/mol. The van der Waals surface area contributed by atoms with Crippen molar-refractivity contribution in [3.63, 3.8) is 0 Å². The number of nitrogens with zero attached hydrogens (tertiary/aromatic N) is 2. The standard InChI is InChI=1S/C13H13ClN4/c14-12-7-17-13(18-8-12)16-4-9-1-2-10-5-15-6-11(10)3-9/h1-3,7-8,15H,4-6H2,(H,16,17,18). The van der Waals surface area contributed by atoms with Crippen molar-refractivity contribution in [1.82, 2.24) is 15.3 Å². The van der Waals surface area contributed by atoms with Crippen molar-refractivity contribution in [3.8, 4) is 0 Å². The van der Waals surface area contributed by atoms with E-state index in [1.54, 1.807) is 12.4 Å². The van der Waals surface area contributed by atoms with Gasteiger partial charge in [0.1, 0.15) is 0 Å². The summed E-state index contributed by atoms with van der Waals surface area (Å²) < 4.78 is 0. The van der Waals surface area contributed by atoms with Crippen LogP contribution in [0.1, 0.15) is 16.7 Å². The van der Waals surface area contributed by atoms with Gasteiger partial charge >= 0.3 is 0 Å². The van der Waals surface area contributed by atoms with E-state index < -0.39 is 0 Å². The smallest absolute Gasteiger partial charge is 0.222 e. The van der Waals surface area contributed by atoms with E-state index in [1.165, 1.54) is 16.7 Å². The highest BCUT2D eigenvalue weighted by Gasteiger charge is 2.09. The molecule has 0 fully saturated rings. The molecule has 1 aliphatic rings. The molecule has 92 valence electrons. The van der Waals surface area contributed by atoms with Gasteiger partial charge in [-0.2, -0.15) is 0 Å². The predicted octanol–water partition coefficient (Wildman–Crippen LogP) is 2.35. The Bertz CT molecular complexity index is 553. The van der Waals surface area contributed by atoms with Crippen LogP contribution in [-0.2, 0) is 19.6 Å². The van der Waals surface area contributed by atoms with Crippen molar-refractivity contribution in [2.24, 2.45) is 0 Å². The van der Waals surface area contributed by atoms with Crippen LogP contribution in [0.2, 0.25) is 5.02 Å². The number of hydrogen-bond donors (Lipinski definition) is 2. The van der Waals surface area contributed by atoms with Crippen molar-refractivity contribution in [3.05, 3.63) is 52.3 Å². The fraction of sp³-hybridized carbons (Fsp3) is 0.231. The van der Waals surface area contributed by atoms with Crippen LogP contribution in [0.5, 0.6) is 0 Å². The monoisotopic (exact) mass is 260 g/mol. The van der Waals surface area contributed by atoms with Gasteiger partial charge in [-0.3, -0.25) is 0 Å². The molecule has 2 aromatic rings. The molecule has 2 N–H and O–H groups in total. The molecule has 18 heavy (non-hydrogen) atoms. The van der Waals surface area contributed by atoms with Gasteiger partial charge in [0.15, 0.2) is 0 Å². The highest BCUT2D eigenvalue weighted by molar-refractivity contribution is 6.30. The maximum Gasteiger partial charge on any atom is 0.222 e. The zero-order chi connectivity index (χ0) is 12.4. The molecule has 0 amide bonds. The Hall–Kier alpha value is -1.65. The average molecular weight is 261 g/mol. The first-order chi connectivity index (χ1) is 8.81. The topological polar surface area (TPSA) is 49.8 Å². The van der Waals surface area contributed by atoms with E-state index in [-0.39, 0.29) is 0 Å². The SMILES string of the molecule is Clc1cnc(NCc2ccc3c(c2)CNC3)nc1. The van der Waals surface area contributed by atoms with E-state index in [9.17, 15) is 0 Å². The summed E-state index contributed by atoms with van der Waals surface area (Å²) in [6.45, 7) is 2.65. The molecule has 0 unspecified atom stereocenters. The molecule has 0 spiro atoms. The Morgan fingerprint density at radius 3 is 2.78 bits per heavy atom. The lowest BCUT2D eigenvalue weighted by Crippen LogP contribution is -2.03. The third kappa shape index (κ3) is 2.44. The van der Waals surface area contributed by atoms with Crippen LogP contribution in [0.25, 0.3) is 0 Å². The number of aromatic nitrogens is 2. The molecule has 2 heterocycles. The van der Waals surface area contributed by atoms with E-state index >= 15 is 0 Å². The molecule has 0 atom stereocenters. The van der Waals surface area contributed by atoms with Crippen LogP contribution in [0.4, 0.5) is 5.95 Å². The van der Waals surface area contributed by atoms with E-state index in [4.69, 9.17) is 11.6 Å². The summed E-state index contributed by atoms with van der Waals surface area (Å²) in [5, 5.41) is 7.06. The van der Waals surface area contributed by atoms with Crippen LogP contribution in [0, 0.1) is 0 Å². The van der Waals surface area contributed by atoms with Crippen molar-refractivity contribution < 1.29 is 0 Å². The average Bonchev–Trinajstić information content (AvgIpc) is 2.85. The van der Waals surface area contributed by atoms with Gasteiger partial charge in [0.25, 0.3) is 0 Å². The van der Waals surface area contributed by atoms with Crippen LogP contribution >= 0.6 is 11.6 Å². The summed E-state index contributed by atoms with van der Waals surface area (Å²) in [6, 6.07) is 6.53. The second kappa shape index (κ2) is 4.92. The summed E-state index contributed by atoms with van der Waals surface area (Å²) in [7, 11) is 0. The van der Waals surface area contributed by atoms with Gasteiger partial charge in [-0.1, -0.05) is 29.8 Å². The zero-order valence-corrected chi connectivity index (χ0v) is 10.5. The van der Waals surface area contributed by atoms with E-state index in [0.717, 1.165) is 19.6 Å². The Labute approximate surface area is 110 Å². The second-order valence-corrected chi connectivity index (χ2v) is 4.72. The first-order valence-corrected chi connectivity index (χ1v) is 6.22. The minimum absolute atomic E-state index is 0.546. The van der Waals surface area contributed by atoms with Gasteiger partial charge in [0.05, 0.1) is 17.4 Å². The minimum Gasteiger partial charge on any atom is -0.350 e. The molecule has 5 heteroatoms. The van der Waals surface area contributed by atoms with Gasteiger partial charge in [-0.05, 0) is 16.7 Å². The van der Waals surface area contributed by atoms with Crippen LogP contribution in [0.3, 0.4) is 0 Å². The number of fused-ring (bicyclic) bond motifs is 1. The van der Waals surface area contributed by atoms with Gasteiger partial charge in [0, 0.05) is 19.6 Å². The van der Waals surface area contributed by atoms with Gasteiger partial charge in [-0.15, -0.1) is 0 Å². The van der Waals surface area contributed by atoms with Crippen LogP contribution < -0.4 is 10.6 Å². The van der Waals surface area contributed by atoms with E-state index in [2.05, 4.69) is 38.8 Å². The molecule has 1 aromatic heterocycles. The summed E-state index contributed by atoms with van der Waals surface area (Å²) in [5.74, 6) is 0.595. The Balaban J connectivity index is 1.68. The van der Waals surface area contributed by atoms with Crippen LogP contribution in [-0.4, -0.2) is 9.97 Å². The summed E-state index contributed by atoms with van der Waals surface area (Å²) in [4.78, 5) is 8.20. The Morgan fingerprint density at radius 2 is 1.94 bits per heavy atom. The van der Waals surface area contributed by atoms with Crippen molar-refractivity contribution in [1.29, 1.82) is 0 Å². The molecule has 0 saturated carbocycles. The molecule has 0 aliphatic carbocycles. The van der Waals surface area contributed by atoms with Crippen molar-refractivity contribution in [2.45, 2.75) is 19.6 Å². The number of hydrogen-bond acceptors (Lipinski definition) is 4. The van der Waals surface area contributed by atoms with Gasteiger partial charge in [0.2, 0.25) is 5.95 Å². The number of anilines is 1. The number of rotatable bonds is 3. The largest absolute Gasteiger partial charge is 0.350 e. The van der Waals surface area contributed by atoms with Gasteiger partial charge < -0.3 is 10.6 Å². The van der Waals surface area contributed by atoms with Crippen molar-refractivity contribution >= 4 is 17.5 Å².